The lowest BCUT2D eigenvalue weighted by atomic mass is 10.1. The molecule has 0 radical (unpaired) electrons. The van der Waals surface area contributed by atoms with Crippen molar-refractivity contribution in [1.29, 1.82) is 0 Å². The minimum atomic E-state index is -0.137. The molecule has 2 N–H and O–H groups in total. The van der Waals surface area contributed by atoms with Crippen LogP contribution in [0.2, 0.25) is 0 Å². The highest BCUT2D eigenvalue weighted by Gasteiger charge is 2.12. The van der Waals surface area contributed by atoms with Gasteiger partial charge in [0.15, 0.2) is 0 Å². The maximum absolute atomic E-state index is 11.7. The van der Waals surface area contributed by atoms with Crippen molar-refractivity contribution in [3.63, 3.8) is 0 Å². The fourth-order valence-electron chi connectivity index (χ4n) is 1.02. The third kappa shape index (κ3) is 3.77. The van der Waals surface area contributed by atoms with E-state index >= 15 is 0 Å². The highest BCUT2D eigenvalue weighted by molar-refractivity contribution is 7.17. The van der Waals surface area contributed by atoms with Gasteiger partial charge >= 0.3 is 0 Å². The van der Waals surface area contributed by atoms with Gasteiger partial charge in [-0.05, 0) is 12.8 Å². The van der Waals surface area contributed by atoms with E-state index in [0.717, 1.165) is 13.0 Å². The molecule has 1 atom stereocenters. The van der Waals surface area contributed by atoms with Gasteiger partial charge in [0.25, 0.3) is 5.91 Å². The lowest BCUT2D eigenvalue weighted by molar-refractivity contribution is 0.0946. The van der Waals surface area contributed by atoms with E-state index in [-0.39, 0.29) is 5.91 Å². The van der Waals surface area contributed by atoms with Crippen LogP contribution in [0.4, 0.5) is 5.13 Å². The van der Waals surface area contributed by atoms with E-state index in [2.05, 4.69) is 34.7 Å². The number of hydrogen-bond donors (Lipinski definition) is 2. The van der Waals surface area contributed by atoms with Gasteiger partial charge in [-0.1, -0.05) is 31.6 Å². The largest absolute Gasteiger partial charge is 0.360 e. The molecule has 16 heavy (non-hydrogen) atoms. The second-order valence-corrected chi connectivity index (χ2v) is 4.64. The van der Waals surface area contributed by atoms with Gasteiger partial charge in [0.2, 0.25) is 10.1 Å². The van der Waals surface area contributed by atoms with Crippen LogP contribution >= 0.6 is 11.3 Å². The summed E-state index contributed by atoms with van der Waals surface area (Å²) in [6.07, 6.45) is 1.05. The molecule has 0 aliphatic carbocycles. The standard InChI is InChI=1S/C10H18N4OS/c1-4-7(3)6-12-8(15)9-13-14-10(16-9)11-5-2/h7H,4-6H2,1-3H3,(H,11,14)(H,12,15). The van der Waals surface area contributed by atoms with Gasteiger partial charge < -0.3 is 10.6 Å². The van der Waals surface area contributed by atoms with Crippen LogP contribution in [0.5, 0.6) is 0 Å². The first-order valence-corrected chi connectivity index (χ1v) is 6.34. The van der Waals surface area contributed by atoms with E-state index in [9.17, 15) is 4.79 Å². The lowest BCUT2D eigenvalue weighted by Crippen LogP contribution is -2.27. The van der Waals surface area contributed by atoms with E-state index in [1.165, 1.54) is 11.3 Å². The Labute approximate surface area is 99.7 Å². The molecule has 0 bridgehead atoms. The van der Waals surface area contributed by atoms with Crippen LogP contribution in [-0.2, 0) is 0 Å². The Bertz CT molecular complexity index is 339. The van der Waals surface area contributed by atoms with Crippen LogP contribution in [-0.4, -0.2) is 29.2 Å². The van der Waals surface area contributed by atoms with Crippen LogP contribution in [0, 0.1) is 5.92 Å². The van der Waals surface area contributed by atoms with Gasteiger partial charge in [-0.2, -0.15) is 0 Å². The number of carbonyl (C=O) groups excluding carboxylic acids is 1. The summed E-state index contributed by atoms with van der Waals surface area (Å²) in [6.45, 7) is 7.65. The predicted octanol–water partition coefficient (Wildman–Crippen LogP) is 1.75. The molecule has 1 amide bonds. The second kappa shape index (κ2) is 6.42. The van der Waals surface area contributed by atoms with Crippen LogP contribution in [0.15, 0.2) is 0 Å². The van der Waals surface area contributed by atoms with Crippen molar-refractivity contribution in [3.8, 4) is 0 Å². The van der Waals surface area contributed by atoms with E-state index in [4.69, 9.17) is 0 Å². The number of aromatic nitrogens is 2. The lowest BCUT2D eigenvalue weighted by Gasteiger charge is -2.07. The molecule has 0 spiro atoms. The topological polar surface area (TPSA) is 66.9 Å². The van der Waals surface area contributed by atoms with E-state index in [0.29, 0.717) is 22.6 Å². The summed E-state index contributed by atoms with van der Waals surface area (Å²) in [4.78, 5) is 11.7. The van der Waals surface area contributed by atoms with Crippen molar-refractivity contribution in [2.24, 2.45) is 5.92 Å². The van der Waals surface area contributed by atoms with Gasteiger partial charge in [0.05, 0.1) is 0 Å². The number of nitrogens with zero attached hydrogens (tertiary/aromatic N) is 2. The average molecular weight is 242 g/mol. The number of nitrogens with one attached hydrogen (secondary N) is 2. The molecule has 0 aliphatic heterocycles. The fraction of sp³-hybridized carbons (Fsp3) is 0.700. The molecule has 1 unspecified atom stereocenters. The van der Waals surface area contributed by atoms with Gasteiger partial charge in [0.1, 0.15) is 0 Å². The Morgan fingerprint density at radius 3 is 2.81 bits per heavy atom. The van der Waals surface area contributed by atoms with Gasteiger partial charge in [-0.15, -0.1) is 10.2 Å². The van der Waals surface area contributed by atoms with Crippen molar-refractivity contribution in [2.75, 3.05) is 18.4 Å². The van der Waals surface area contributed by atoms with E-state index < -0.39 is 0 Å². The van der Waals surface area contributed by atoms with Crippen LogP contribution in [0.1, 0.15) is 37.0 Å². The Kier molecular flexibility index (Phi) is 5.18. The number of anilines is 1. The van der Waals surface area contributed by atoms with Gasteiger partial charge in [-0.3, -0.25) is 4.79 Å². The van der Waals surface area contributed by atoms with Crippen molar-refractivity contribution in [2.45, 2.75) is 27.2 Å². The summed E-state index contributed by atoms with van der Waals surface area (Å²) < 4.78 is 0. The SMILES string of the molecule is CCNc1nnc(C(=O)NCC(C)CC)s1. The maximum Gasteiger partial charge on any atom is 0.282 e. The zero-order chi connectivity index (χ0) is 12.0. The molecule has 90 valence electrons. The molecular formula is C10H18N4OS. The Morgan fingerprint density at radius 1 is 1.44 bits per heavy atom. The third-order valence-corrected chi connectivity index (χ3v) is 3.13. The summed E-state index contributed by atoms with van der Waals surface area (Å²) in [7, 11) is 0. The third-order valence-electron chi connectivity index (χ3n) is 2.26. The van der Waals surface area contributed by atoms with Gasteiger partial charge in [0, 0.05) is 13.1 Å². The Hall–Kier alpha value is -1.17. The summed E-state index contributed by atoms with van der Waals surface area (Å²) >= 11 is 1.28. The molecule has 0 saturated carbocycles. The maximum atomic E-state index is 11.7. The number of rotatable bonds is 6. The van der Waals surface area contributed by atoms with Crippen molar-refractivity contribution < 1.29 is 4.79 Å². The minimum Gasteiger partial charge on any atom is -0.360 e. The first-order chi connectivity index (χ1) is 7.67. The summed E-state index contributed by atoms with van der Waals surface area (Å²) in [5.74, 6) is 0.354. The summed E-state index contributed by atoms with van der Waals surface area (Å²) in [6, 6.07) is 0. The number of hydrogen-bond acceptors (Lipinski definition) is 5. The monoisotopic (exact) mass is 242 g/mol. The number of carbonyl (C=O) groups is 1. The zero-order valence-electron chi connectivity index (χ0n) is 9.91. The fourth-order valence-corrected chi connectivity index (χ4v) is 1.75. The smallest absolute Gasteiger partial charge is 0.282 e. The molecule has 0 fully saturated rings. The van der Waals surface area contributed by atoms with E-state index in [1.54, 1.807) is 0 Å². The van der Waals surface area contributed by atoms with Gasteiger partial charge in [-0.25, -0.2) is 0 Å². The molecule has 5 nitrogen and oxygen atoms in total. The second-order valence-electron chi connectivity index (χ2n) is 3.67. The molecule has 0 aromatic carbocycles. The quantitative estimate of drug-likeness (QED) is 0.797. The predicted molar refractivity (Wildman–Crippen MR) is 65.9 cm³/mol. The number of amides is 1. The first kappa shape index (κ1) is 12.9. The minimum absolute atomic E-state index is 0.137. The molecule has 0 aliphatic rings. The molecule has 1 aromatic rings. The van der Waals surface area contributed by atoms with Crippen LogP contribution in [0.3, 0.4) is 0 Å². The molecule has 1 heterocycles. The molecule has 6 heteroatoms. The van der Waals surface area contributed by atoms with Crippen molar-refractivity contribution >= 4 is 22.4 Å². The molecule has 1 aromatic heterocycles. The van der Waals surface area contributed by atoms with Crippen molar-refractivity contribution in [3.05, 3.63) is 5.01 Å². The average Bonchev–Trinajstić information content (AvgIpc) is 2.74. The normalized spacial score (nSPS) is 12.2. The highest BCUT2D eigenvalue weighted by atomic mass is 32.1. The summed E-state index contributed by atoms with van der Waals surface area (Å²) in [5.41, 5.74) is 0. The Morgan fingerprint density at radius 2 is 2.19 bits per heavy atom. The Balaban J connectivity index is 2.46. The zero-order valence-corrected chi connectivity index (χ0v) is 10.7. The first-order valence-electron chi connectivity index (χ1n) is 5.52. The van der Waals surface area contributed by atoms with Crippen LogP contribution in [0.25, 0.3) is 0 Å². The summed E-state index contributed by atoms with van der Waals surface area (Å²) in [5, 5.41) is 14.7. The van der Waals surface area contributed by atoms with Crippen molar-refractivity contribution in [1.82, 2.24) is 15.5 Å². The highest BCUT2D eigenvalue weighted by Crippen LogP contribution is 2.14. The molecule has 0 saturated heterocycles. The molecule has 1 rings (SSSR count). The molecular weight excluding hydrogens is 224 g/mol. The van der Waals surface area contributed by atoms with Crippen LogP contribution < -0.4 is 10.6 Å². The van der Waals surface area contributed by atoms with E-state index in [1.807, 2.05) is 6.92 Å².